The van der Waals surface area contributed by atoms with Gasteiger partial charge in [-0.25, -0.2) is 4.57 Å². The Morgan fingerprint density at radius 3 is 1.32 bits per heavy atom. The Kier molecular flexibility index (Phi) is 12.7. The second-order valence-corrected chi connectivity index (χ2v) is 27.5. The first kappa shape index (κ1) is 52.9. The standard InChI is InChI=1S/C73H82BN4/c1-45(2)56-24-21-25-57(46(3)4)68(56)78-64-40-48(26-37-63(64)75(18)69(78)58-23-20-19-22-47(58)5)49-41-65-67-66(42-49)77(55-35-29-51(30-36-55)71(9,10)11)62-39-32-53(73(15,16)17)44-60(62)74(67)59-43-52(72(12,13)14)31-38-61(59)76(65)54-33-27-50(28-34-54)70(6,7)8/h19-46H,1-18H3/q+1. The fourth-order valence-electron chi connectivity index (χ4n) is 12.5. The van der Waals surface area contributed by atoms with Gasteiger partial charge < -0.3 is 9.80 Å². The van der Waals surface area contributed by atoms with E-state index >= 15 is 0 Å². The van der Waals surface area contributed by atoms with E-state index < -0.39 is 0 Å². The fraction of sp³-hybridized carbons (Fsp3) is 0.329. The Balaban J connectivity index is 1.27. The molecule has 2 aliphatic rings. The van der Waals surface area contributed by atoms with Gasteiger partial charge in [0, 0.05) is 45.3 Å². The molecule has 2 aliphatic heterocycles. The minimum atomic E-state index is -0.0512. The van der Waals surface area contributed by atoms with E-state index in [-0.39, 0.29) is 28.4 Å². The van der Waals surface area contributed by atoms with Gasteiger partial charge in [-0.3, -0.25) is 0 Å². The molecule has 5 heteroatoms. The molecule has 0 fully saturated rings. The highest BCUT2D eigenvalue weighted by atomic mass is 15.2. The first-order valence-corrected chi connectivity index (χ1v) is 28.7. The van der Waals surface area contributed by atoms with Crippen molar-refractivity contribution in [2.45, 2.75) is 151 Å². The maximum atomic E-state index is 2.61. The van der Waals surface area contributed by atoms with Crippen molar-refractivity contribution in [3.8, 4) is 28.2 Å². The van der Waals surface area contributed by atoms with E-state index in [2.05, 4.69) is 301 Å². The third-order valence-electron chi connectivity index (χ3n) is 17.2. The first-order valence-electron chi connectivity index (χ1n) is 28.7. The van der Waals surface area contributed by atoms with Crippen LogP contribution in [-0.4, -0.2) is 11.3 Å². The second kappa shape index (κ2) is 18.8. The third-order valence-corrected chi connectivity index (χ3v) is 17.2. The number of nitrogens with zero attached hydrogens (tertiary/aromatic N) is 4. The molecule has 11 rings (SSSR count). The number of aromatic nitrogens is 2. The number of aryl methyl sites for hydroxylation is 2. The molecular formula is C73H82BN4+. The summed E-state index contributed by atoms with van der Waals surface area (Å²) < 4.78 is 5.05. The summed E-state index contributed by atoms with van der Waals surface area (Å²) in [5.41, 5.74) is 27.7. The number of anilines is 6. The van der Waals surface area contributed by atoms with Crippen LogP contribution in [0.5, 0.6) is 0 Å². The van der Waals surface area contributed by atoms with Crippen LogP contribution in [0.15, 0.2) is 158 Å². The van der Waals surface area contributed by atoms with Crippen molar-refractivity contribution in [2.24, 2.45) is 7.05 Å². The van der Waals surface area contributed by atoms with Gasteiger partial charge in [-0.15, -0.1) is 0 Å². The Morgan fingerprint density at radius 2 is 0.885 bits per heavy atom. The molecule has 0 N–H and O–H groups in total. The van der Waals surface area contributed by atoms with E-state index in [1.54, 1.807) is 0 Å². The monoisotopic (exact) mass is 1030 g/mol. The average Bonchev–Trinajstić information content (AvgIpc) is 2.99. The Morgan fingerprint density at radius 1 is 0.436 bits per heavy atom. The van der Waals surface area contributed by atoms with Gasteiger partial charge in [-0.2, -0.15) is 4.57 Å². The van der Waals surface area contributed by atoms with Crippen LogP contribution < -0.4 is 30.8 Å². The van der Waals surface area contributed by atoms with E-state index in [9.17, 15) is 0 Å². The predicted octanol–water partition coefficient (Wildman–Crippen LogP) is 17.6. The third kappa shape index (κ3) is 8.90. The molecule has 0 bridgehead atoms. The van der Waals surface area contributed by atoms with Crippen LogP contribution in [0.1, 0.15) is 162 Å². The lowest BCUT2D eigenvalue weighted by molar-refractivity contribution is -0.633. The highest BCUT2D eigenvalue weighted by Crippen LogP contribution is 2.48. The zero-order chi connectivity index (χ0) is 55.7. The topological polar surface area (TPSA) is 15.3 Å². The molecule has 396 valence electrons. The van der Waals surface area contributed by atoms with E-state index in [1.165, 1.54) is 117 Å². The summed E-state index contributed by atoms with van der Waals surface area (Å²) in [5, 5.41) is 0. The predicted molar refractivity (Wildman–Crippen MR) is 337 cm³/mol. The molecular weight excluding hydrogens is 944 g/mol. The summed E-state index contributed by atoms with van der Waals surface area (Å²) in [7, 11) is 2.26. The number of hydrogen-bond acceptors (Lipinski definition) is 2. The Labute approximate surface area is 467 Å². The largest absolute Gasteiger partial charge is 0.311 e. The first-order chi connectivity index (χ1) is 36.7. The van der Waals surface area contributed by atoms with Gasteiger partial charge in [-0.1, -0.05) is 196 Å². The fourth-order valence-corrected chi connectivity index (χ4v) is 12.5. The van der Waals surface area contributed by atoms with Crippen molar-refractivity contribution in [3.63, 3.8) is 0 Å². The molecule has 4 nitrogen and oxygen atoms in total. The molecule has 1 aromatic heterocycles. The minimum absolute atomic E-state index is 0.0132. The number of rotatable bonds is 7. The van der Waals surface area contributed by atoms with E-state index in [0.717, 1.165) is 11.4 Å². The molecule has 0 aliphatic carbocycles. The van der Waals surface area contributed by atoms with Crippen LogP contribution >= 0.6 is 0 Å². The summed E-state index contributed by atoms with van der Waals surface area (Å²) in [6.45, 7) is 39.6. The van der Waals surface area contributed by atoms with E-state index in [0.29, 0.717) is 11.8 Å². The molecule has 0 spiro atoms. The molecule has 0 saturated carbocycles. The van der Waals surface area contributed by atoms with E-state index in [1.807, 2.05) is 0 Å². The van der Waals surface area contributed by atoms with E-state index in [4.69, 9.17) is 0 Å². The van der Waals surface area contributed by atoms with Crippen LogP contribution in [0.3, 0.4) is 0 Å². The van der Waals surface area contributed by atoms with Crippen molar-refractivity contribution in [2.75, 3.05) is 9.80 Å². The maximum absolute atomic E-state index is 2.61. The highest BCUT2D eigenvalue weighted by Gasteiger charge is 2.45. The average molecular weight is 1030 g/mol. The number of hydrogen-bond donors (Lipinski definition) is 0. The lowest BCUT2D eigenvalue weighted by Crippen LogP contribution is -2.61. The van der Waals surface area contributed by atoms with Crippen LogP contribution in [0.2, 0.25) is 0 Å². The van der Waals surface area contributed by atoms with Gasteiger partial charge in [-0.05, 0) is 169 Å². The van der Waals surface area contributed by atoms with Gasteiger partial charge in [0.1, 0.15) is 5.69 Å². The van der Waals surface area contributed by atoms with Crippen LogP contribution in [0.25, 0.3) is 39.2 Å². The lowest BCUT2D eigenvalue weighted by atomic mass is 9.33. The molecule has 8 aromatic carbocycles. The Hall–Kier alpha value is -7.11. The molecule has 0 saturated heterocycles. The second-order valence-electron chi connectivity index (χ2n) is 27.5. The van der Waals surface area contributed by atoms with Gasteiger partial charge in [0.2, 0.25) is 0 Å². The summed E-state index contributed by atoms with van der Waals surface area (Å²) >= 11 is 0. The van der Waals surface area contributed by atoms with Gasteiger partial charge in [0.05, 0.1) is 12.6 Å². The zero-order valence-corrected chi connectivity index (χ0v) is 50.0. The highest BCUT2D eigenvalue weighted by molar-refractivity contribution is 7.00. The van der Waals surface area contributed by atoms with Crippen molar-refractivity contribution >= 4 is 68.3 Å². The molecule has 0 radical (unpaired) electrons. The molecule has 3 heterocycles. The number of para-hydroxylation sites is 1. The van der Waals surface area contributed by atoms with Crippen molar-refractivity contribution in [1.29, 1.82) is 0 Å². The summed E-state index contributed by atoms with van der Waals surface area (Å²) in [6, 6.07) is 61.8. The normalized spacial score (nSPS) is 13.7. The van der Waals surface area contributed by atoms with Crippen LogP contribution in [-0.2, 0) is 28.7 Å². The number of benzene rings is 8. The maximum Gasteiger partial charge on any atom is 0.295 e. The molecule has 0 atom stereocenters. The molecule has 9 aromatic rings. The quantitative estimate of drug-likeness (QED) is 0.117. The minimum Gasteiger partial charge on any atom is -0.311 e. The number of imidazole rings is 1. The van der Waals surface area contributed by atoms with Crippen molar-refractivity contribution < 1.29 is 4.57 Å². The zero-order valence-electron chi connectivity index (χ0n) is 50.0. The van der Waals surface area contributed by atoms with Crippen molar-refractivity contribution in [3.05, 3.63) is 197 Å². The molecule has 78 heavy (non-hydrogen) atoms. The van der Waals surface area contributed by atoms with Crippen LogP contribution in [0, 0.1) is 6.92 Å². The SMILES string of the molecule is Cc1ccccc1-c1n(-c2c(C(C)C)cccc2C(C)C)c2cc(-c3cc4c5c(c3)N(c3ccc(C(C)(C)C)cc3)c3ccc(C(C)(C)C)cc3B5c3cc(C(C)(C)C)ccc3N4c3ccc(C(C)(C)C)cc3)ccc2[n+]1C. The van der Waals surface area contributed by atoms with Gasteiger partial charge in [0.15, 0.2) is 11.0 Å². The van der Waals surface area contributed by atoms with Crippen molar-refractivity contribution in [1.82, 2.24) is 4.57 Å². The number of fused-ring (bicyclic) bond motifs is 5. The van der Waals surface area contributed by atoms with Crippen LogP contribution in [0.4, 0.5) is 34.1 Å². The summed E-state index contributed by atoms with van der Waals surface area (Å²) in [6.07, 6.45) is 0. The summed E-state index contributed by atoms with van der Waals surface area (Å²) in [5.74, 6) is 1.81. The van der Waals surface area contributed by atoms with Gasteiger partial charge >= 0.3 is 0 Å². The molecule has 0 unspecified atom stereocenters. The van der Waals surface area contributed by atoms with Gasteiger partial charge in [0.25, 0.3) is 12.5 Å². The molecule has 0 amide bonds. The summed E-state index contributed by atoms with van der Waals surface area (Å²) in [4.78, 5) is 5.19. The Bertz CT molecular complexity index is 3630. The smallest absolute Gasteiger partial charge is 0.295 e. The lowest BCUT2D eigenvalue weighted by Gasteiger charge is -2.45.